The highest BCUT2D eigenvalue weighted by molar-refractivity contribution is 5.65. The molecule has 0 saturated heterocycles. The second kappa shape index (κ2) is 5.59. The number of rotatable bonds is 2. The highest BCUT2D eigenvalue weighted by Crippen LogP contribution is 2.43. The van der Waals surface area contributed by atoms with Crippen molar-refractivity contribution < 1.29 is 18.9 Å². The summed E-state index contributed by atoms with van der Waals surface area (Å²) >= 11 is 0. The Morgan fingerprint density at radius 1 is 1.08 bits per heavy atom. The molecule has 5 heteroatoms. The quantitative estimate of drug-likeness (QED) is 0.827. The molecule has 3 aliphatic heterocycles. The van der Waals surface area contributed by atoms with Crippen LogP contribution in [0.3, 0.4) is 0 Å². The fraction of sp³-hybridized carbons (Fsp3) is 0.333. The lowest BCUT2D eigenvalue weighted by molar-refractivity contribution is 0.174. The van der Waals surface area contributed by atoms with E-state index < -0.39 is 0 Å². The van der Waals surface area contributed by atoms with E-state index >= 15 is 0 Å². The third-order valence-corrected chi connectivity index (χ3v) is 5.61. The number of methoxy groups -OCH3 is 2. The SMILES string of the molecule is COc1ccc2c(c1OC)=CN1CCc3cc4c(cc3C1C=2C)OCO4. The molecular formula is C21H21NO4. The summed E-state index contributed by atoms with van der Waals surface area (Å²) in [5.41, 5.74) is 3.95. The zero-order chi connectivity index (χ0) is 17.8. The topological polar surface area (TPSA) is 40.2 Å². The molecule has 0 fully saturated rings. The van der Waals surface area contributed by atoms with E-state index in [4.69, 9.17) is 18.9 Å². The molecule has 0 aromatic heterocycles. The molecular weight excluding hydrogens is 330 g/mol. The van der Waals surface area contributed by atoms with Crippen LogP contribution in [0.5, 0.6) is 23.0 Å². The van der Waals surface area contributed by atoms with Gasteiger partial charge in [0.15, 0.2) is 23.0 Å². The lowest BCUT2D eigenvalue weighted by atomic mass is 9.85. The van der Waals surface area contributed by atoms with Crippen LogP contribution >= 0.6 is 0 Å². The Hall–Kier alpha value is -2.82. The molecule has 26 heavy (non-hydrogen) atoms. The van der Waals surface area contributed by atoms with Crippen LogP contribution in [-0.2, 0) is 6.42 Å². The first kappa shape index (κ1) is 15.4. The van der Waals surface area contributed by atoms with Gasteiger partial charge < -0.3 is 23.8 Å². The maximum absolute atomic E-state index is 5.66. The van der Waals surface area contributed by atoms with Gasteiger partial charge in [-0.1, -0.05) is 6.07 Å². The Balaban J connectivity index is 1.74. The fourth-order valence-corrected chi connectivity index (χ4v) is 4.39. The van der Waals surface area contributed by atoms with Crippen molar-refractivity contribution in [2.75, 3.05) is 27.6 Å². The third kappa shape index (κ3) is 2.03. The Morgan fingerprint density at radius 2 is 1.88 bits per heavy atom. The van der Waals surface area contributed by atoms with Gasteiger partial charge in [0.2, 0.25) is 6.79 Å². The van der Waals surface area contributed by atoms with E-state index in [0.29, 0.717) is 6.79 Å². The van der Waals surface area contributed by atoms with E-state index in [1.807, 2.05) is 6.07 Å². The first-order valence-corrected chi connectivity index (χ1v) is 8.83. The van der Waals surface area contributed by atoms with Crippen LogP contribution in [0.25, 0.3) is 11.8 Å². The standard InChI is InChI=1S/C21H21NO4/c1-12-14-4-5-17(23-2)21(24-3)16(14)10-22-7-6-13-8-18-19(26-11-25-18)9-15(13)20(12)22/h4-5,8-10,20H,6-7,11H2,1-3H3. The molecule has 2 aromatic carbocycles. The van der Waals surface area contributed by atoms with E-state index in [-0.39, 0.29) is 6.04 Å². The molecule has 0 radical (unpaired) electrons. The lowest BCUT2D eigenvalue weighted by Gasteiger charge is -2.39. The first-order chi connectivity index (χ1) is 12.7. The molecule has 0 N–H and O–H groups in total. The largest absolute Gasteiger partial charge is 0.493 e. The predicted molar refractivity (Wildman–Crippen MR) is 98.1 cm³/mol. The van der Waals surface area contributed by atoms with Crippen molar-refractivity contribution in [3.05, 3.63) is 45.8 Å². The van der Waals surface area contributed by atoms with Gasteiger partial charge in [0, 0.05) is 18.0 Å². The van der Waals surface area contributed by atoms with E-state index in [1.165, 1.54) is 21.9 Å². The van der Waals surface area contributed by atoms with Crippen LogP contribution < -0.4 is 29.4 Å². The molecule has 5 rings (SSSR count). The van der Waals surface area contributed by atoms with Crippen LogP contribution in [0.2, 0.25) is 0 Å². The van der Waals surface area contributed by atoms with E-state index in [1.54, 1.807) is 14.2 Å². The van der Waals surface area contributed by atoms with Crippen molar-refractivity contribution in [2.45, 2.75) is 19.4 Å². The van der Waals surface area contributed by atoms with Gasteiger partial charge in [-0.05, 0) is 53.5 Å². The van der Waals surface area contributed by atoms with Gasteiger partial charge >= 0.3 is 0 Å². The summed E-state index contributed by atoms with van der Waals surface area (Å²) in [6, 6.07) is 8.61. The molecule has 0 bridgehead atoms. The Bertz CT molecular complexity index is 1030. The maximum Gasteiger partial charge on any atom is 0.231 e. The molecule has 3 heterocycles. The third-order valence-electron chi connectivity index (χ3n) is 5.61. The average Bonchev–Trinajstić information content (AvgIpc) is 3.12. The normalized spacial score (nSPS) is 19.3. The van der Waals surface area contributed by atoms with E-state index in [9.17, 15) is 0 Å². The summed E-state index contributed by atoms with van der Waals surface area (Å²) in [5.74, 6) is 3.26. The molecule has 134 valence electrons. The van der Waals surface area contributed by atoms with Gasteiger partial charge in [-0.15, -0.1) is 0 Å². The number of ether oxygens (including phenoxy) is 4. The van der Waals surface area contributed by atoms with Crippen molar-refractivity contribution in [3.63, 3.8) is 0 Å². The minimum absolute atomic E-state index is 0.207. The van der Waals surface area contributed by atoms with Gasteiger partial charge in [-0.3, -0.25) is 0 Å². The predicted octanol–water partition coefficient (Wildman–Crippen LogP) is 1.95. The molecule has 2 aromatic rings. The van der Waals surface area contributed by atoms with Gasteiger partial charge in [-0.25, -0.2) is 0 Å². The first-order valence-electron chi connectivity index (χ1n) is 8.83. The highest BCUT2D eigenvalue weighted by Gasteiger charge is 2.32. The van der Waals surface area contributed by atoms with Gasteiger partial charge in [0.05, 0.1) is 20.3 Å². The highest BCUT2D eigenvalue weighted by atomic mass is 16.7. The summed E-state index contributed by atoms with van der Waals surface area (Å²) in [4.78, 5) is 2.39. The summed E-state index contributed by atoms with van der Waals surface area (Å²) in [6.45, 7) is 3.46. The van der Waals surface area contributed by atoms with Crippen LogP contribution in [0.1, 0.15) is 24.1 Å². The number of nitrogens with zero attached hydrogens (tertiary/aromatic N) is 1. The molecule has 1 unspecified atom stereocenters. The van der Waals surface area contributed by atoms with Gasteiger partial charge in [0.1, 0.15) is 0 Å². The molecule has 0 spiro atoms. The van der Waals surface area contributed by atoms with Crippen molar-refractivity contribution in [1.82, 2.24) is 4.90 Å². The number of fused-ring (bicyclic) bond motifs is 5. The Morgan fingerprint density at radius 3 is 2.65 bits per heavy atom. The summed E-state index contributed by atoms with van der Waals surface area (Å²) in [6.07, 6.45) is 3.19. The zero-order valence-corrected chi connectivity index (χ0v) is 15.2. The summed E-state index contributed by atoms with van der Waals surface area (Å²) < 4.78 is 22.3. The zero-order valence-electron chi connectivity index (χ0n) is 15.2. The number of benzene rings is 2. The number of hydrogen-bond donors (Lipinski definition) is 0. The minimum atomic E-state index is 0.207. The van der Waals surface area contributed by atoms with Gasteiger partial charge in [-0.2, -0.15) is 0 Å². The van der Waals surface area contributed by atoms with E-state index in [0.717, 1.165) is 41.2 Å². The molecule has 0 saturated carbocycles. The Kier molecular flexibility index (Phi) is 3.32. The smallest absolute Gasteiger partial charge is 0.231 e. The molecule has 3 aliphatic rings. The number of hydrogen-bond acceptors (Lipinski definition) is 5. The van der Waals surface area contributed by atoms with Crippen LogP contribution in [0.4, 0.5) is 0 Å². The summed E-state index contributed by atoms with van der Waals surface area (Å²) in [5, 5.41) is 2.29. The van der Waals surface area contributed by atoms with Crippen molar-refractivity contribution in [1.29, 1.82) is 0 Å². The van der Waals surface area contributed by atoms with Crippen molar-refractivity contribution in [2.24, 2.45) is 0 Å². The van der Waals surface area contributed by atoms with E-state index in [2.05, 4.69) is 36.2 Å². The molecule has 1 atom stereocenters. The molecule has 0 aliphatic carbocycles. The second-order valence-electron chi connectivity index (χ2n) is 6.87. The van der Waals surface area contributed by atoms with Gasteiger partial charge in [0.25, 0.3) is 0 Å². The molecule has 5 nitrogen and oxygen atoms in total. The van der Waals surface area contributed by atoms with Crippen LogP contribution in [0, 0.1) is 0 Å². The Labute approximate surface area is 152 Å². The van der Waals surface area contributed by atoms with Crippen LogP contribution in [0.15, 0.2) is 24.3 Å². The lowest BCUT2D eigenvalue weighted by Crippen LogP contribution is -2.43. The molecule has 0 amide bonds. The van der Waals surface area contributed by atoms with Crippen molar-refractivity contribution >= 4 is 11.8 Å². The monoisotopic (exact) mass is 351 g/mol. The second-order valence-corrected chi connectivity index (χ2v) is 6.87. The fourth-order valence-electron chi connectivity index (χ4n) is 4.39. The summed E-state index contributed by atoms with van der Waals surface area (Å²) in [7, 11) is 3.37. The maximum atomic E-state index is 5.66. The minimum Gasteiger partial charge on any atom is -0.493 e. The average molecular weight is 351 g/mol. The van der Waals surface area contributed by atoms with Crippen molar-refractivity contribution in [3.8, 4) is 23.0 Å². The van der Waals surface area contributed by atoms with Crippen LogP contribution in [-0.4, -0.2) is 32.5 Å².